The summed E-state index contributed by atoms with van der Waals surface area (Å²) < 4.78 is 6.82. The summed E-state index contributed by atoms with van der Waals surface area (Å²) in [6, 6.07) is 24.8. The van der Waals surface area contributed by atoms with Crippen molar-refractivity contribution in [3.8, 4) is 5.75 Å². The van der Waals surface area contributed by atoms with Gasteiger partial charge in [-0.05, 0) is 59.7 Å². The molecule has 1 heterocycles. The smallest absolute Gasteiger partial charge is 0.245 e. The number of carbonyl (C=O) groups is 2. The topological polar surface area (TPSA) is 71.0 Å². The maximum absolute atomic E-state index is 12.4. The number of rotatable bonds is 7. The number of ether oxygens (including phenoxy) is 1. The summed E-state index contributed by atoms with van der Waals surface area (Å²) in [4.78, 5) is 26.3. The molecule has 1 N–H and O–H groups in total. The minimum Gasteiger partial charge on any atom is -0.489 e. The summed E-state index contributed by atoms with van der Waals surface area (Å²) in [6.45, 7) is 0.839. The third kappa shape index (κ3) is 5.62. The normalized spacial score (nSPS) is 15.8. The number of hydrogen-bond donors (Lipinski definition) is 1. The summed E-state index contributed by atoms with van der Waals surface area (Å²) in [6.07, 6.45) is 1.75. The number of carbonyl (C=O) groups excluding carboxylic acids is 2. The van der Waals surface area contributed by atoms with Gasteiger partial charge in [0.25, 0.3) is 0 Å². The highest BCUT2D eigenvalue weighted by atomic mass is 79.9. The van der Waals surface area contributed by atoms with E-state index in [1.807, 2.05) is 78.9 Å². The molecular formula is C25H22BrN3O3. The number of nitrogens with one attached hydrogen (secondary N) is 1. The molecular weight excluding hydrogens is 470 g/mol. The lowest BCUT2D eigenvalue weighted by molar-refractivity contribution is -0.126. The minimum atomic E-state index is -0.422. The molecule has 0 aromatic heterocycles. The van der Waals surface area contributed by atoms with Crippen molar-refractivity contribution in [2.75, 3.05) is 11.4 Å². The van der Waals surface area contributed by atoms with Gasteiger partial charge in [0.2, 0.25) is 11.8 Å². The molecule has 1 fully saturated rings. The molecule has 6 nitrogen and oxygen atoms in total. The molecule has 7 heteroatoms. The first-order chi connectivity index (χ1) is 15.6. The average Bonchev–Trinajstić information content (AvgIpc) is 3.22. The molecule has 1 saturated heterocycles. The minimum absolute atomic E-state index is 0.0564. The Morgan fingerprint density at radius 2 is 1.78 bits per heavy atom. The highest BCUT2D eigenvalue weighted by Gasteiger charge is 2.34. The standard InChI is InChI=1S/C25H22BrN3O3/c26-21-10-6-19(7-11-21)17-32-23-12-8-18(9-13-23)15-27-28-25(31)20-14-24(30)29(16-20)22-4-2-1-3-5-22/h1-13,15,20H,14,16-17H2,(H,28,31)/b27-15-/t20-/m0/s1. The van der Waals surface area contributed by atoms with Crippen LogP contribution in [0.25, 0.3) is 0 Å². The van der Waals surface area contributed by atoms with Crippen molar-refractivity contribution in [2.45, 2.75) is 13.0 Å². The third-order valence-corrected chi connectivity index (χ3v) is 5.68. The Balaban J connectivity index is 1.26. The summed E-state index contributed by atoms with van der Waals surface area (Å²) in [7, 11) is 0. The lowest BCUT2D eigenvalue weighted by Gasteiger charge is -2.16. The summed E-state index contributed by atoms with van der Waals surface area (Å²) >= 11 is 3.42. The van der Waals surface area contributed by atoms with E-state index >= 15 is 0 Å². The van der Waals surface area contributed by atoms with Gasteiger partial charge in [0.1, 0.15) is 12.4 Å². The second kappa shape index (κ2) is 10.2. The lowest BCUT2D eigenvalue weighted by atomic mass is 10.1. The van der Waals surface area contributed by atoms with E-state index in [4.69, 9.17) is 4.74 Å². The molecule has 0 spiro atoms. The molecule has 1 atom stereocenters. The maximum Gasteiger partial charge on any atom is 0.245 e. The van der Waals surface area contributed by atoms with E-state index in [1.165, 1.54) is 0 Å². The first kappa shape index (κ1) is 21.8. The summed E-state index contributed by atoms with van der Waals surface area (Å²) in [5.41, 5.74) is 5.26. The first-order valence-electron chi connectivity index (χ1n) is 10.2. The van der Waals surface area contributed by atoms with Gasteiger partial charge in [0, 0.05) is 23.1 Å². The molecule has 4 rings (SSSR count). The van der Waals surface area contributed by atoms with Gasteiger partial charge in [-0.3, -0.25) is 9.59 Å². The number of benzene rings is 3. The molecule has 0 bridgehead atoms. The van der Waals surface area contributed by atoms with Crippen LogP contribution in [0, 0.1) is 5.92 Å². The molecule has 3 aromatic rings. The molecule has 0 radical (unpaired) electrons. The van der Waals surface area contributed by atoms with Gasteiger partial charge >= 0.3 is 0 Å². The van der Waals surface area contributed by atoms with Crippen molar-refractivity contribution in [2.24, 2.45) is 11.0 Å². The largest absolute Gasteiger partial charge is 0.489 e. The maximum atomic E-state index is 12.4. The Kier molecular flexibility index (Phi) is 6.97. The lowest BCUT2D eigenvalue weighted by Crippen LogP contribution is -2.30. The van der Waals surface area contributed by atoms with Crippen molar-refractivity contribution < 1.29 is 14.3 Å². The predicted octanol–water partition coefficient (Wildman–Crippen LogP) is 4.53. The SMILES string of the molecule is O=C(N/N=C\c1ccc(OCc2ccc(Br)cc2)cc1)[C@H]1CC(=O)N(c2ccccc2)C1. The number of halogens is 1. The van der Waals surface area contributed by atoms with Crippen LogP contribution < -0.4 is 15.1 Å². The number of hydrazone groups is 1. The number of para-hydroxylation sites is 1. The predicted molar refractivity (Wildman–Crippen MR) is 128 cm³/mol. The Morgan fingerprint density at radius 1 is 1.06 bits per heavy atom. The van der Waals surface area contributed by atoms with Crippen molar-refractivity contribution in [1.82, 2.24) is 5.43 Å². The van der Waals surface area contributed by atoms with Crippen molar-refractivity contribution in [3.63, 3.8) is 0 Å². The van der Waals surface area contributed by atoms with Gasteiger partial charge in [-0.2, -0.15) is 5.10 Å². The van der Waals surface area contributed by atoms with E-state index in [1.54, 1.807) is 11.1 Å². The summed E-state index contributed by atoms with van der Waals surface area (Å²) in [5, 5.41) is 4.04. The van der Waals surface area contributed by atoms with Gasteiger partial charge in [-0.25, -0.2) is 5.43 Å². The van der Waals surface area contributed by atoms with Gasteiger partial charge < -0.3 is 9.64 Å². The monoisotopic (exact) mass is 491 g/mol. The third-order valence-electron chi connectivity index (χ3n) is 5.15. The Bertz CT molecular complexity index is 1100. The second-order valence-corrected chi connectivity index (χ2v) is 8.38. The van der Waals surface area contributed by atoms with E-state index in [0.717, 1.165) is 27.0 Å². The van der Waals surface area contributed by atoms with Crippen molar-refractivity contribution >= 4 is 39.6 Å². The van der Waals surface area contributed by atoms with E-state index < -0.39 is 5.92 Å². The van der Waals surface area contributed by atoms with Crippen LogP contribution in [0.3, 0.4) is 0 Å². The van der Waals surface area contributed by atoms with Gasteiger partial charge in [-0.15, -0.1) is 0 Å². The zero-order valence-corrected chi connectivity index (χ0v) is 18.9. The molecule has 1 aliphatic rings. The molecule has 0 saturated carbocycles. The molecule has 1 aliphatic heterocycles. The fourth-order valence-corrected chi connectivity index (χ4v) is 3.66. The first-order valence-corrected chi connectivity index (χ1v) is 11.0. The average molecular weight is 492 g/mol. The number of hydrogen-bond acceptors (Lipinski definition) is 4. The number of anilines is 1. The fraction of sp³-hybridized carbons (Fsp3) is 0.160. The van der Waals surface area contributed by atoms with Crippen LogP contribution >= 0.6 is 15.9 Å². The van der Waals surface area contributed by atoms with E-state index in [-0.39, 0.29) is 18.2 Å². The molecule has 2 amide bonds. The van der Waals surface area contributed by atoms with Crippen LogP contribution in [0.2, 0.25) is 0 Å². The second-order valence-electron chi connectivity index (χ2n) is 7.46. The highest BCUT2D eigenvalue weighted by molar-refractivity contribution is 9.10. The number of nitrogens with zero attached hydrogens (tertiary/aromatic N) is 2. The van der Waals surface area contributed by atoms with Gasteiger partial charge in [0.05, 0.1) is 12.1 Å². The van der Waals surface area contributed by atoms with Gasteiger partial charge in [0.15, 0.2) is 0 Å². The Morgan fingerprint density at radius 3 is 2.50 bits per heavy atom. The van der Waals surface area contributed by atoms with Crippen molar-refractivity contribution in [3.05, 3.63) is 94.5 Å². The Hall–Kier alpha value is -3.45. The number of amides is 2. The van der Waals surface area contributed by atoms with Gasteiger partial charge in [-0.1, -0.05) is 46.3 Å². The van der Waals surface area contributed by atoms with Crippen LogP contribution in [0.4, 0.5) is 5.69 Å². The molecule has 32 heavy (non-hydrogen) atoms. The molecule has 0 aliphatic carbocycles. The fourth-order valence-electron chi connectivity index (χ4n) is 3.40. The van der Waals surface area contributed by atoms with Crippen LogP contribution in [0.5, 0.6) is 5.75 Å². The molecule has 3 aromatic carbocycles. The zero-order chi connectivity index (χ0) is 22.3. The molecule has 162 valence electrons. The van der Waals surface area contributed by atoms with Crippen LogP contribution in [0.15, 0.2) is 88.4 Å². The zero-order valence-electron chi connectivity index (χ0n) is 17.3. The van der Waals surface area contributed by atoms with Crippen LogP contribution in [-0.2, 0) is 16.2 Å². The van der Waals surface area contributed by atoms with Crippen LogP contribution in [-0.4, -0.2) is 24.6 Å². The molecule has 0 unspecified atom stereocenters. The quantitative estimate of drug-likeness (QED) is 0.389. The van der Waals surface area contributed by atoms with E-state index in [0.29, 0.717) is 13.2 Å². The van der Waals surface area contributed by atoms with Crippen LogP contribution in [0.1, 0.15) is 17.5 Å². The van der Waals surface area contributed by atoms with E-state index in [2.05, 4.69) is 26.5 Å². The van der Waals surface area contributed by atoms with E-state index in [9.17, 15) is 9.59 Å². The highest BCUT2D eigenvalue weighted by Crippen LogP contribution is 2.24. The Labute approximate surface area is 195 Å². The summed E-state index contributed by atoms with van der Waals surface area (Å²) in [5.74, 6) is 0.00959. The van der Waals surface area contributed by atoms with Crippen molar-refractivity contribution in [1.29, 1.82) is 0 Å².